The summed E-state index contributed by atoms with van der Waals surface area (Å²) in [5.74, 6) is -0.656. The van der Waals surface area contributed by atoms with Gasteiger partial charge < -0.3 is 9.15 Å². The van der Waals surface area contributed by atoms with Crippen molar-refractivity contribution in [3.63, 3.8) is 0 Å². The number of hydrogen-bond donors (Lipinski definition) is 0. The van der Waals surface area contributed by atoms with Gasteiger partial charge in [-0.2, -0.15) is 0 Å². The highest BCUT2D eigenvalue weighted by Gasteiger charge is 2.20. The van der Waals surface area contributed by atoms with Crippen molar-refractivity contribution < 1.29 is 18.7 Å². The molecule has 24 heavy (non-hydrogen) atoms. The van der Waals surface area contributed by atoms with Crippen LogP contribution in [-0.2, 0) is 11.2 Å². The average Bonchev–Trinajstić information content (AvgIpc) is 3.16. The first-order chi connectivity index (χ1) is 11.8. The third-order valence-electron chi connectivity index (χ3n) is 3.60. The molecule has 0 aliphatic carbocycles. The summed E-state index contributed by atoms with van der Waals surface area (Å²) in [6.07, 6.45) is 2.05. The number of carbonyl (C=O) groups is 2. The second kappa shape index (κ2) is 7.42. The Labute approximate surface area is 139 Å². The van der Waals surface area contributed by atoms with Crippen LogP contribution in [0.5, 0.6) is 0 Å². The van der Waals surface area contributed by atoms with E-state index in [1.54, 1.807) is 36.4 Å². The van der Waals surface area contributed by atoms with Crippen LogP contribution in [0, 0.1) is 0 Å². The van der Waals surface area contributed by atoms with Crippen LogP contribution in [0.3, 0.4) is 0 Å². The van der Waals surface area contributed by atoms with Crippen LogP contribution in [0.25, 0.3) is 0 Å². The Morgan fingerprint density at radius 3 is 2.25 bits per heavy atom. The molecular formula is C20H16O4. The zero-order valence-corrected chi connectivity index (χ0v) is 13.0. The van der Waals surface area contributed by atoms with Gasteiger partial charge in [0, 0.05) is 12.0 Å². The molecule has 0 aliphatic rings. The van der Waals surface area contributed by atoms with Crippen LogP contribution in [-0.4, -0.2) is 18.4 Å². The molecule has 0 saturated heterocycles. The van der Waals surface area contributed by atoms with Gasteiger partial charge in [-0.3, -0.25) is 4.79 Å². The van der Waals surface area contributed by atoms with Crippen molar-refractivity contribution in [2.75, 3.05) is 6.61 Å². The fourth-order valence-corrected chi connectivity index (χ4v) is 2.38. The molecule has 0 unspecified atom stereocenters. The number of hydrogen-bond acceptors (Lipinski definition) is 4. The van der Waals surface area contributed by atoms with E-state index in [-0.39, 0.29) is 29.3 Å². The first-order valence-corrected chi connectivity index (χ1v) is 7.64. The minimum Gasteiger partial charge on any atom is -0.462 e. The Hall–Kier alpha value is -3.14. The molecule has 0 saturated carbocycles. The Morgan fingerprint density at radius 1 is 0.833 bits per heavy atom. The van der Waals surface area contributed by atoms with Crippen LogP contribution < -0.4 is 0 Å². The molecule has 120 valence electrons. The number of carbonyl (C=O) groups excluding carboxylic acids is 2. The second-order valence-corrected chi connectivity index (χ2v) is 5.22. The van der Waals surface area contributed by atoms with Gasteiger partial charge in [0.25, 0.3) is 0 Å². The van der Waals surface area contributed by atoms with E-state index < -0.39 is 5.97 Å². The predicted molar refractivity (Wildman–Crippen MR) is 89.0 cm³/mol. The molecule has 0 amide bonds. The van der Waals surface area contributed by atoms with E-state index in [1.807, 2.05) is 30.3 Å². The van der Waals surface area contributed by atoms with Gasteiger partial charge in [-0.1, -0.05) is 48.5 Å². The first-order valence-electron chi connectivity index (χ1n) is 7.64. The van der Waals surface area contributed by atoms with Crippen molar-refractivity contribution in [1.82, 2.24) is 0 Å². The SMILES string of the molecule is O=C(OCCc1ccccc1)c1ccccc1C(=O)c1ccco1. The maximum absolute atomic E-state index is 12.4. The summed E-state index contributed by atoms with van der Waals surface area (Å²) in [7, 11) is 0. The highest BCUT2D eigenvalue weighted by molar-refractivity contribution is 6.13. The van der Waals surface area contributed by atoms with E-state index in [9.17, 15) is 9.59 Å². The molecule has 0 radical (unpaired) electrons. The largest absolute Gasteiger partial charge is 0.462 e. The smallest absolute Gasteiger partial charge is 0.338 e. The maximum atomic E-state index is 12.4. The zero-order valence-electron chi connectivity index (χ0n) is 13.0. The van der Waals surface area contributed by atoms with Crippen LogP contribution in [0.1, 0.15) is 32.0 Å². The van der Waals surface area contributed by atoms with Crippen LogP contribution in [0.4, 0.5) is 0 Å². The van der Waals surface area contributed by atoms with Gasteiger partial charge in [-0.05, 0) is 23.8 Å². The van der Waals surface area contributed by atoms with Gasteiger partial charge >= 0.3 is 5.97 Å². The molecule has 4 nitrogen and oxygen atoms in total. The summed E-state index contributed by atoms with van der Waals surface area (Å²) in [5, 5.41) is 0. The molecule has 0 spiro atoms. The number of rotatable bonds is 6. The monoisotopic (exact) mass is 320 g/mol. The Kier molecular flexibility index (Phi) is 4.87. The average molecular weight is 320 g/mol. The molecular weight excluding hydrogens is 304 g/mol. The van der Waals surface area contributed by atoms with Crippen molar-refractivity contribution >= 4 is 11.8 Å². The van der Waals surface area contributed by atoms with E-state index in [1.165, 1.54) is 6.26 Å². The van der Waals surface area contributed by atoms with Crippen LogP contribution in [0.15, 0.2) is 77.4 Å². The van der Waals surface area contributed by atoms with Gasteiger partial charge in [-0.15, -0.1) is 0 Å². The fraction of sp³-hybridized carbons (Fsp3) is 0.100. The number of furan rings is 1. The van der Waals surface area contributed by atoms with Crippen molar-refractivity contribution in [3.8, 4) is 0 Å². The molecule has 3 aromatic rings. The summed E-state index contributed by atoms with van der Waals surface area (Å²) in [6, 6.07) is 19.6. The van der Waals surface area contributed by atoms with Gasteiger partial charge in [0.2, 0.25) is 5.78 Å². The maximum Gasteiger partial charge on any atom is 0.338 e. The Morgan fingerprint density at radius 2 is 1.54 bits per heavy atom. The molecule has 0 aliphatic heterocycles. The molecule has 0 fully saturated rings. The lowest BCUT2D eigenvalue weighted by Gasteiger charge is -2.08. The van der Waals surface area contributed by atoms with E-state index >= 15 is 0 Å². The van der Waals surface area contributed by atoms with Gasteiger partial charge in [0.05, 0.1) is 18.4 Å². The van der Waals surface area contributed by atoms with Crippen molar-refractivity contribution in [2.45, 2.75) is 6.42 Å². The third kappa shape index (κ3) is 3.60. The highest BCUT2D eigenvalue weighted by atomic mass is 16.5. The van der Waals surface area contributed by atoms with E-state index in [0.29, 0.717) is 6.42 Å². The third-order valence-corrected chi connectivity index (χ3v) is 3.60. The number of esters is 1. The summed E-state index contributed by atoms with van der Waals surface area (Å²) in [6.45, 7) is 0.256. The lowest BCUT2D eigenvalue weighted by Crippen LogP contribution is -2.13. The van der Waals surface area contributed by atoms with E-state index in [0.717, 1.165) is 5.56 Å². The minimum absolute atomic E-state index is 0.194. The molecule has 2 aromatic carbocycles. The first kappa shape index (κ1) is 15.7. The fourth-order valence-electron chi connectivity index (χ4n) is 2.38. The Bertz CT molecular complexity index is 820. The lowest BCUT2D eigenvalue weighted by atomic mass is 10.0. The van der Waals surface area contributed by atoms with Crippen molar-refractivity contribution in [1.29, 1.82) is 0 Å². The lowest BCUT2D eigenvalue weighted by molar-refractivity contribution is 0.0506. The van der Waals surface area contributed by atoms with Gasteiger partial charge in [0.15, 0.2) is 5.76 Å². The van der Waals surface area contributed by atoms with Gasteiger partial charge in [0.1, 0.15) is 0 Å². The predicted octanol–water partition coefficient (Wildman–Crippen LogP) is 3.91. The van der Waals surface area contributed by atoms with Crippen molar-refractivity contribution in [2.24, 2.45) is 0 Å². The Balaban J connectivity index is 1.70. The van der Waals surface area contributed by atoms with Gasteiger partial charge in [-0.25, -0.2) is 4.79 Å². The number of ketones is 1. The second-order valence-electron chi connectivity index (χ2n) is 5.22. The summed E-state index contributed by atoms with van der Waals surface area (Å²) in [4.78, 5) is 24.8. The molecule has 1 heterocycles. The number of benzene rings is 2. The quantitative estimate of drug-likeness (QED) is 0.510. The number of ether oxygens (including phenoxy) is 1. The molecule has 1 aromatic heterocycles. The van der Waals surface area contributed by atoms with Crippen LogP contribution >= 0.6 is 0 Å². The summed E-state index contributed by atoms with van der Waals surface area (Å²) in [5.41, 5.74) is 1.61. The van der Waals surface area contributed by atoms with Crippen LogP contribution in [0.2, 0.25) is 0 Å². The van der Waals surface area contributed by atoms with Crippen molar-refractivity contribution in [3.05, 3.63) is 95.4 Å². The molecule has 3 rings (SSSR count). The van der Waals surface area contributed by atoms with E-state index in [4.69, 9.17) is 9.15 Å². The minimum atomic E-state index is -0.513. The summed E-state index contributed by atoms with van der Waals surface area (Å²) >= 11 is 0. The normalized spacial score (nSPS) is 10.3. The molecule has 4 heteroatoms. The topological polar surface area (TPSA) is 56.5 Å². The standard InChI is InChI=1S/C20H16O4/c21-19(18-11-6-13-23-18)16-9-4-5-10-17(16)20(22)24-14-12-15-7-2-1-3-8-15/h1-11,13H,12,14H2. The highest BCUT2D eigenvalue weighted by Crippen LogP contribution is 2.16. The molecule has 0 bridgehead atoms. The molecule has 0 atom stereocenters. The molecule has 0 N–H and O–H groups in total. The van der Waals surface area contributed by atoms with E-state index in [2.05, 4.69) is 0 Å². The zero-order chi connectivity index (χ0) is 16.8. The summed E-state index contributed by atoms with van der Waals surface area (Å²) < 4.78 is 10.4.